The van der Waals surface area contributed by atoms with Gasteiger partial charge in [0.25, 0.3) is 0 Å². The van der Waals surface area contributed by atoms with Crippen LogP contribution >= 0.6 is 15.6 Å². The van der Waals surface area contributed by atoms with Crippen LogP contribution in [0.1, 0.15) is 369 Å². The number of rotatable bonds is 71. The lowest BCUT2D eigenvalue weighted by atomic mass is 9.99. The fourth-order valence-corrected chi connectivity index (χ4v) is 12.5. The quantitative estimate of drug-likeness (QED) is 0.0222. The van der Waals surface area contributed by atoms with E-state index in [9.17, 15) is 43.2 Å². The van der Waals surface area contributed by atoms with Crippen molar-refractivity contribution < 1.29 is 80.2 Å². The minimum absolute atomic E-state index is 0.104. The third-order valence-corrected chi connectivity index (χ3v) is 19.0. The van der Waals surface area contributed by atoms with E-state index in [2.05, 4.69) is 41.5 Å². The number of aliphatic hydroxyl groups excluding tert-OH is 1. The van der Waals surface area contributed by atoms with Crippen molar-refractivity contribution in [2.45, 2.75) is 387 Å². The number of carbonyl (C=O) groups is 4. The lowest BCUT2D eigenvalue weighted by Crippen LogP contribution is -2.30. The second-order valence-electron chi connectivity index (χ2n) is 26.7. The van der Waals surface area contributed by atoms with E-state index < -0.39 is 97.5 Å². The van der Waals surface area contributed by atoms with Gasteiger partial charge in [-0.1, -0.05) is 318 Å². The Balaban J connectivity index is 5.15. The highest BCUT2D eigenvalue weighted by molar-refractivity contribution is 7.47. The standard InChI is InChI=1S/C72H140O17P2/c1-7-10-12-14-15-16-17-18-21-25-28-31-37-43-49-55-70(75)83-61-68(89-71(76)56-50-44-38-32-29-26-23-20-19-22-24-27-30-35-41-46-52-64(4)5)63-87-91(80,81)85-59-66(73)58-84-90(78,79)86-62-67(60-82-69(74)54-48-40-13-11-8-2)88-72(77)57-51-45-39-34-33-36-42-47-53-65(6)9-3/h64-68,73H,7-63H2,1-6H3,(H,78,79)(H,80,81)/t65?,66-,67+,68+/m0/s1. The van der Waals surface area contributed by atoms with Crippen LogP contribution in [-0.2, 0) is 65.4 Å². The van der Waals surface area contributed by atoms with Crippen LogP contribution in [0.15, 0.2) is 0 Å². The Morgan fingerprint density at radius 2 is 0.560 bits per heavy atom. The Kier molecular flexibility index (Phi) is 62.7. The van der Waals surface area contributed by atoms with Gasteiger partial charge in [0.1, 0.15) is 19.3 Å². The Labute approximate surface area is 556 Å². The molecular formula is C72H140O17P2. The van der Waals surface area contributed by atoms with Gasteiger partial charge in [-0.2, -0.15) is 0 Å². The Morgan fingerprint density at radius 3 is 0.835 bits per heavy atom. The summed E-state index contributed by atoms with van der Waals surface area (Å²) in [5.74, 6) is -0.554. The zero-order valence-corrected chi connectivity index (χ0v) is 60.9. The largest absolute Gasteiger partial charge is 0.472 e. The molecule has 91 heavy (non-hydrogen) atoms. The van der Waals surface area contributed by atoms with Crippen LogP contribution < -0.4 is 0 Å². The Hall–Kier alpha value is -1.94. The van der Waals surface area contributed by atoms with Crippen LogP contribution in [0.5, 0.6) is 0 Å². The van der Waals surface area contributed by atoms with Gasteiger partial charge in [-0.05, 0) is 37.5 Å². The van der Waals surface area contributed by atoms with E-state index in [0.717, 1.165) is 108 Å². The maximum atomic E-state index is 13.0. The molecule has 0 aromatic rings. The molecule has 0 bridgehead atoms. The first-order valence-corrected chi connectivity index (χ1v) is 40.5. The summed E-state index contributed by atoms with van der Waals surface area (Å²) < 4.78 is 68.2. The van der Waals surface area contributed by atoms with Gasteiger partial charge in [0, 0.05) is 25.7 Å². The predicted octanol–water partition coefficient (Wildman–Crippen LogP) is 20.8. The summed E-state index contributed by atoms with van der Waals surface area (Å²) in [5, 5.41) is 10.6. The molecule has 6 atom stereocenters. The topological polar surface area (TPSA) is 237 Å². The van der Waals surface area contributed by atoms with Gasteiger partial charge < -0.3 is 33.8 Å². The minimum atomic E-state index is -4.95. The number of phosphoric ester groups is 2. The molecule has 19 heteroatoms. The molecule has 0 radical (unpaired) electrons. The van der Waals surface area contributed by atoms with Crippen LogP contribution in [0.2, 0.25) is 0 Å². The third-order valence-electron chi connectivity index (χ3n) is 17.1. The molecule has 540 valence electrons. The second-order valence-corrected chi connectivity index (χ2v) is 29.6. The highest BCUT2D eigenvalue weighted by Crippen LogP contribution is 2.45. The monoisotopic (exact) mass is 1340 g/mol. The summed E-state index contributed by atoms with van der Waals surface area (Å²) in [4.78, 5) is 72.4. The lowest BCUT2D eigenvalue weighted by molar-refractivity contribution is -0.161. The molecule has 0 aromatic heterocycles. The normalized spacial score (nSPS) is 14.4. The van der Waals surface area contributed by atoms with Crippen molar-refractivity contribution in [3.05, 3.63) is 0 Å². The zero-order valence-electron chi connectivity index (χ0n) is 59.1. The highest BCUT2D eigenvalue weighted by Gasteiger charge is 2.30. The average Bonchev–Trinajstić information content (AvgIpc) is 3.56. The molecule has 0 heterocycles. The molecule has 3 unspecified atom stereocenters. The first-order chi connectivity index (χ1) is 43.9. The number of ether oxygens (including phenoxy) is 4. The fourth-order valence-electron chi connectivity index (χ4n) is 10.9. The van der Waals surface area contributed by atoms with E-state index in [1.807, 2.05) is 0 Å². The van der Waals surface area contributed by atoms with Crippen molar-refractivity contribution in [3.63, 3.8) is 0 Å². The van der Waals surface area contributed by atoms with E-state index in [1.165, 1.54) is 180 Å². The van der Waals surface area contributed by atoms with Gasteiger partial charge in [0.15, 0.2) is 12.2 Å². The number of hydrogen-bond donors (Lipinski definition) is 3. The first kappa shape index (κ1) is 89.1. The van der Waals surface area contributed by atoms with Crippen molar-refractivity contribution in [1.82, 2.24) is 0 Å². The van der Waals surface area contributed by atoms with Gasteiger partial charge >= 0.3 is 39.5 Å². The van der Waals surface area contributed by atoms with Crippen LogP contribution in [-0.4, -0.2) is 96.7 Å². The van der Waals surface area contributed by atoms with Crippen molar-refractivity contribution in [3.8, 4) is 0 Å². The summed E-state index contributed by atoms with van der Waals surface area (Å²) in [6.45, 7) is 9.50. The summed E-state index contributed by atoms with van der Waals surface area (Å²) in [6, 6.07) is 0. The molecule has 3 N–H and O–H groups in total. The Bertz CT molecular complexity index is 1770. The molecule has 0 saturated heterocycles. The smallest absolute Gasteiger partial charge is 0.462 e. The van der Waals surface area contributed by atoms with Gasteiger partial charge in [0.2, 0.25) is 0 Å². The fraction of sp³-hybridized carbons (Fsp3) is 0.944. The predicted molar refractivity (Wildman–Crippen MR) is 368 cm³/mol. The van der Waals surface area contributed by atoms with E-state index in [-0.39, 0.29) is 25.7 Å². The molecule has 0 aromatic carbocycles. The molecule has 0 aliphatic heterocycles. The van der Waals surface area contributed by atoms with Crippen molar-refractivity contribution in [1.29, 1.82) is 0 Å². The zero-order chi connectivity index (χ0) is 67.2. The van der Waals surface area contributed by atoms with Gasteiger partial charge in [0.05, 0.1) is 26.4 Å². The number of carbonyl (C=O) groups excluding carboxylic acids is 4. The summed E-state index contributed by atoms with van der Waals surface area (Å²) >= 11 is 0. The van der Waals surface area contributed by atoms with Crippen molar-refractivity contribution >= 4 is 39.5 Å². The van der Waals surface area contributed by atoms with E-state index in [4.69, 9.17) is 37.0 Å². The van der Waals surface area contributed by atoms with Crippen molar-refractivity contribution in [2.24, 2.45) is 11.8 Å². The molecular weight excluding hydrogens is 1200 g/mol. The highest BCUT2D eigenvalue weighted by atomic mass is 31.2. The van der Waals surface area contributed by atoms with E-state index >= 15 is 0 Å². The molecule has 0 aliphatic carbocycles. The van der Waals surface area contributed by atoms with Gasteiger partial charge in [-0.15, -0.1) is 0 Å². The Morgan fingerprint density at radius 1 is 0.319 bits per heavy atom. The molecule has 0 aliphatic rings. The lowest BCUT2D eigenvalue weighted by Gasteiger charge is -2.21. The summed E-state index contributed by atoms with van der Waals surface area (Å²) in [7, 11) is -9.89. The number of unbranched alkanes of at least 4 members (excludes halogenated alkanes) is 40. The van der Waals surface area contributed by atoms with Crippen molar-refractivity contribution in [2.75, 3.05) is 39.6 Å². The SMILES string of the molecule is CCCCCCCCCCCCCCCCCC(=O)OC[C@H](COP(=O)(O)OC[C@@H](O)COP(=O)(O)OC[C@@H](COC(=O)CCCCCCC)OC(=O)CCCCCCCCCCC(C)CC)OC(=O)CCCCCCCCCCCCCCCCCCC(C)C. The number of esters is 4. The maximum absolute atomic E-state index is 13.0. The maximum Gasteiger partial charge on any atom is 0.472 e. The molecule has 0 saturated carbocycles. The molecule has 0 spiro atoms. The van der Waals surface area contributed by atoms with Crippen LogP contribution in [0.3, 0.4) is 0 Å². The molecule has 17 nitrogen and oxygen atoms in total. The molecule has 0 amide bonds. The molecule has 0 fully saturated rings. The van der Waals surface area contributed by atoms with Crippen LogP contribution in [0, 0.1) is 11.8 Å². The van der Waals surface area contributed by atoms with E-state index in [1.54, 1.807) is 0 Å². The van der Waals surface area contributed by atoms with Gasteiger partial charge in [-0.3, -0.25) is 37.3 Å². The number of phosphoric acid groups is 2. The van der Waals surface area contributed by atoms with Crippen LogP contribution in [0.25, 0.3) is 0 Å². The van der Waals surface area contributed by atoms with Gasteiger partial charge in [-0.25, -0.2) is 9.13 Å². The number of aliphatic hydroxyl groups is 1. The number of hydrogen-bond acceptors (Lipinski definition) is 15. The third kappa shape index (κ3) is 65.1. The average molecular weight is 1340 g/mol. The van der Waals surface area contributed by atoms with Crippen LogP contribution in [0.4, 0.5) is 0 Å². The second kappa shape index (κ2) is 64.1. The minimum Gasteiger partial charge on any atom is -0.462 e. The first-order valence-electron chi connectivity index (χ1n) is 37.5. The van der Waals surface area contributed by atoms with E-state index in [0.29, 0.717) is 25.7 Å². The summed E-state index contributed by atoms with van der Waals surface area (Å²) in [5.41, 5.74) is 0. The molecule has 0 rings (SSSR count). The summed E-state index contributed by atoms with van der Waals surface area (Å²) in [6.07, 6.45) is 50.3.